The summed E-state index contributed by atoms with van der Waals surface area (Å²) in [5.74, 6) is -0.834. The second kappa shape index (κ2) is 4.90. The van der Waals surface area contributed by atoms with Crippen LogP contribution >= 0.6 is 11.3 Å². The lowest BCUT2D eigenvalue weighted by atomic mass is 10.3. The van der Waals surface area contributed by atoms with Gasteiger partial charge in [-0.2, -0.15) is 0 Å². The number of aryl methyl sites for hydroxylation is 1. The molecule has 1 saturated heterocycles. The van der Waals surface area contributed by atoms with Crippen molar-refractivity contribution < 1.29 is 19.4 Å². The summed E-state index contributed by atoms with van der Waals surface area (Å²) in [5.41, 5.74) is 0.775. The molecular formula is C10H13NO4S. The summed E-state index contributed by atoms with van der Waals surface area (Å²) in [6.45, 7) is 3.50. The fourth-order valence-electron chi connectivity index (χ4n) is 1.52. The number of thiazole rings is 1. The molecule has 1 N–H and O–H groups in total. The molecule has 0 spiro atoms. The maximum atomic E-state index is 10.6. The molecule has 0 bridgehead atoms. The van der Waals surface area contributed by atoms with Gasteiger partial charge in [0.2, 0.25) is 0 Å². The summed E-state index contributed by atoms with van der Waals surface area (Å²) >= 11 is 1.40. The third kappa shape index (κ3) is 2.58. The Morgan fingerprint density at radius 1 is 1.62 bits per heavy atom. The largest absolute Gasteiger partial charge is 0.481 e. The zero-order chi connectivity index (χ0) is 11.5. The molecule has 1 aromatic rings. The highest BCUT2D eigenvalue weighted by Gasteiger charge is 2.22. The van der Waals surface area contributed by atoms with Crippen LogP contribution in [0.5, 0.6) is 0 Å². The average molecular weight is 243 g/mol. The maximum absolute atomic E-state index is 10.6. The molecular weight excluding hydrogens is 230 g/mol. The zero-order valence-electron chi connectivity index (χ0n) is 8.93. The number of carboxylic acid groups (broad SMARTS) is 1. The van der Waals surface area contributed by atoms with Gasteiger partial charge in [-0.3, -0.25) is 4.79 Å². The predicted octanol–water partition coefficient (Wildman–Crippen LogP) is 1.17. The average Bonchev–Trinajstić information content (AvgIpc) is 2.61. The Balaban J connectivity index is 2.12. The summed E-state index contributed by atoms with van der Waals surface area (Å²) in [5, 5.41) is 9.55. The molecule has 0 radical (unpaired) electrons. The maximum Gasteiger partial charge on any atom is 0.308 e. The quantitative estimate of drug-likeness (QED) is 0.863. The van der Waals surface area contributed by atoms with Crippen molar-refractivity contribution in [1.29, 1.82) is 0 Å². The van der Waals surface area contributed by atoms with Gasteiger partial charge < -0.3 is 14.6 Å². The van der Waals surface area contributed by atoms with Gasteiger partial charge in [0.25, 0.3) is 0 Å². The first-order chi connectivity index (χ1) is 7.66. The van der Waals surface area contributed by atoms with E-state index < -0.39 is 5.97 Å². The Hall–Kier alpha value is -0.980. The highest BCUT2D eigenvalue weighted by molar-refractivity contribution is 7.11. The number of carboxylic acids is 1. The molecule has 0 saturated carbocycles. The van der Waals surface area contributed by atoms with Crippen LogP contribution in [0.1, 0.15) is 21.7 Å². The number of hydrogen-bond donors (Lipinski definition) is 1. The number of ether oxygens (including phenoxy) is 2. The lowest BCUT2D eigenvalue weighted by molar-refractivity contribution is -0.136. The van der Waals surface area contributed by atoms with Gasteiger partial charge in [-0.25, -0.2) is 4.98 Å². The van der Waals surface area contributed by atoms with Crippen LogP contribution in [-0.4, -0.2) is 35.9 Å². The number of aromatic nitrogens is 1. The summed E-state index contributed by atoms with van der Waals surface area (Å²) in [6, 6.07) is 0. The van der Waals surface area contributed by atoms with E-state index >= 15 is 0 Å². The second-order valence-corrected chi connectivity index (χ2v) is 4.68. The van der Waals surface area contributed by atoms with Crippen LogP contribution in [-0.2, 0) is 20.7 Å². The molecule has 16 heavy (non-hydrogen) atoms. The highest BCUT2D eigenvalue weighted by Crippen LogP contribution is 2.28. The van der Waals surface area contributed by atoms with Crippen LogP contribution in [0, 0.1) is 6.92 Å². The Morgan fingerprint density at radius 3 is 3.06 bits per heavy atom. The molecule has 0 amide bonds. The molecule has 0 aliphatic carbocycles. The summed E-state index contributed by atoms with van der Waals surface area (Å²) in [7, 11) is 0. The van der Waals surface area contributed by atoms with Crippen molar-refractivity contribution in [3.8, 4) is 0 Å². The first-order valence-corrected chi connectivity index (χ1v) is 5.86. The highest BCUT2D eigenvalue weighted by atomic mass is 32.1. The fourth-order valence-corrected chi connectivity index (χ4v) is 2.61. The monoisotopic (exact) mass is 243 g/mol. The minimum Gasteiger partial charge on any atom is -0.481 e. The van der Waals surface area contributed by atoms with Crippen LogP contribution in [0.3, 0.4) is 0 Å². The van der Waals surface area contributed by atoms with Crippen molar-refractivity contribution in [2.45, 2.75) is 19.4 Å². The van der Waals surface area contributed by atoms with E-state index in [1.807, 2.05) is 6.92 Å². The molecule has 1 fully saturated rings. The first-order valence-electron chi connectivity index (χ1n) is 5.04. The van der Waals surface area contributed by atoms with E-state index in [1.165, 1.54) is 11.3 Å². The number of aliphatic carboxylic acids is 1. The standard InChI is InChI=1S/C10H13NO4S/c1-6-8(4-9(12)13)16-10(11-6)7-5-14-2-3-15-7/h7H,2-5H2,1H3,(H,12,13). The molecule has 1 atom stereocenters. The number of nitrogens with zero attached hydrogens (tertiary/aromatic N) is 1. The van der Waals surface area contributed by atoms with E-state index in [9.17, 15) is 4.79 Å². The van der Waals surface area contributed by atoms with Crippen molar-refractivity contribution in [3.05, 3.63) is 15.6 Å². The molecule has 2 rings (SSSR count). The van der Waals surface area contributed by atoms with Gasteiger partial charge in [0.05, 0.1) is 31.9 Å². The molecule has 2 heterocycles. The molecule has 5 nitrogen and oxygen atoms in total. The van der Waals surface area contributed by atoms with Crippen molar-refractivity contribution in [1.82, 2.24) is 4.98 Å². The van der Waals surface area contributed by atoms with E-state index in [1.54, 1.807) is 0 Å². The molecule has 6 heteroatoms. The third-order valence-corrected chi connectivity index (χ3v) is 3.56. The molecule has 1 aliphatic heterocycles. The van der Waals surface area contributed by atoms with E-state index in [0.29, 0.717) is 19.8 Å². The molecule has 88 valence electrons. The first kappa shape index (κ1) is 11.5. The van der Waals surface area contributed by atoms with Gasteiger partial charge in [-0.1, -0.05) is 0 Å². The van der Waals surface area contributed by atoms with E-state index in [-0.39, 0.29) is 12.5 Å². The normalized spacial score (nSPS) is 20.9. The van der Waals surface area contributed by atoms with Crippen LogP contribution in [0.15, 0.2) is 0 Å². The van der Waals surface area contributed by atoms with E-state index in [4.69, 9.17) is 14.6 Å². The minimum atomic E-state index is -0.834. The fraction of sp³-hybridized carbons (Fsp3) is 0.600. The van der Waals surface area contributed by atoms with E-state index in [2.05, 4.69) is 4.98 Å². The van der Waals surface area contributed by atoms with Crippen molar-refractivity contribution >= 4 is 17.3 Å². The number of hydrogen-bond acceptors (Lipinski definition) is 5. The number of rotatable bonds is 3. The van der Waals surface area contributed by atoms with Gasteiger partial charge >= 0.3 is 5.97 Å². The van der Waals surface area contributed by atoms with Crippen LogP contribution in [0.2, 0.25) is 0 Å². The van der Waals surface area contributed by atoms with E-state index in [0.717, 1.165) is 15.6 Å². The topological polar surface area (TPSA) is 68.7 Å². The third-order valence-electron chi connectivity index (χ3n) is 2.31. The van der Waals surface area contributed by atoms with Gasteiger partial charge in [0, 0.05) is 4.88 Å². The molecule has 1 aliphatic rings. The van der Waals surface area contributed by atoms with Gasteiger partial charge in [0.15, 0.2) is 0 Å². The van der Waals surface area contributed by atoms with Gasteiger partial charge in [-0.05, 0) is 6.92 Å². The van der Waals surface area contributed by atoms with Crippen LogP contribution < -0.4 is 0 Å². The smallest absolute Gasteiger partial charge is 0.308 e. The lowest BCUT2D eigenvalue weighted by Gasteiger charge is -2.20. The Labute approximate surface area is 97.0 Å². The molecule has 1 aromatic heterocycles. The predicted molar refractivity (Wildman–Crippen MR) is 57.7 cm³/mol. The summed E-state index contributed by atoms with van der Waals surface area (Å²) < 4.78 is 10.8. The molecule has 1 unspecified atom stereocenters. The second-order valence-electron chi connectivity index (χ2n) is 3.57. The Kier molecular flexibility index (Phi) is 3.52. The van der Waals surface area contributed by atoms with Crippen molar-refractivity contribution in [3.63, 3.8) is 0 Å². The van der Waals surface area contributed by atoms with Crippen molar-refractivity contribution in [2.75, 3.05) is 19.8 Å². The minimum absolute atomic E-state index is 0.0249. The lowest BCUT2D eigenvalue weighted by Crippen LogP contribution is -2.21. The molecule has 0 aromatic carbocycles. The van der Waals surface area contributed by atoms with Gasteiger partial charge in [-0.15, -0.1) is 11.3 Å². The number of carbonyl (C=O) groups is 1. The van der Waals surface area contributed by atoms with Crippen LogP contribution in [0.4, 0.5) is 0 Å². The Morgan fingerprint density at radius 2 is 2.44 bits per heavy atom. The SMILES string of the molecule is Cc1nc(C2COCCO2)sc1CC(=O)O. The summed E-state index contributed by atoms with van der Waals surface area (Å²) in [6.07, 6.45) is -0.114. The van der Waals surface area contributed by atoms with Gasteiger partial charge in [0.1, 0.15) is 11.1 Å². The van der Waals surface area contributed by atoms with Crippen molar-refractivity contribution in [2.24, 2.45) is 0 Å². The van der Waals surface area contributed by atoms with Crippen LogP contribution in [0.25, 0.3) is 0 Å². The summed E-state index contributed by atoms with van der Waals surface area (Å²) in [4.78, 5) is 15.8. The Bertz CT molecular complexity index is 384. The zero-order valence-corrected chi connectivity index (χ0v) is 9.75.